The molecule has 0 unspecified atom stereocenters. The van der Waals surface area contributed by atoms with Crippen molar-refractivity contribution in [3.63, 3.8) is 0 Å². The van der Waals surface area contributed by atoms with Crippen molar-refractivity contribution >= 4 is 5.96 Å². The molecule has 0 radical (unpaired) electrons. The largest absolute Gasteiger partial charge is 1.00 e. The van der Waals surface area contributed by atoms with E-state index in [0.29, 0.717) is 0 Å². The van der Waals surface area contributed by atoms with E-state index in [2.05, 4.69) is 4.99 Å². The molecule has 0 aliphatic carbocycles. The van der Waals surface area contributed by atoms with Crippen LogP contribution in [0.4, 0.5) is 0 Å². The van der Waals surface area contributed by atoms with Crippen molar-refractivity contribution in [3.8, 4) is 0 Å². The minimum atomic E-state index is 0. The molecule has 38 valence electrons. The first-order valence-corrected chi connectivity index (χ1v) is 1.25. The molecule has 3 nitrogen and oxygen atoms in total. The van der Waals surface area contributed by atoms with E-state index in [4.69, 9.17) is 11.5 Å². The third-order valence-corrected chi connectivity index (χ3v) is 0.258. The van der Waals surface area contributed by atoms with Crippen LogP contribution in [0.5, 0.6) is 0 Å². The molecule has 0 amide bonds. The Morgan fingerprint density at radius 2 is 1.57 bits per heavy atom. The van der Waals surface area contributed by atoms with Crippen molar-refractivity contribution in [2.75, 3.05) is 7.05 Å². The minimum absolute atomic E-state index is 0. The van der Waals surface area contributed by atoms with Gasteiger partial charge >= 0.3 is 29.6 Å². The summed E-state index contributed by atoms with van der Waals surface area (Å²) in [6.45, 7) is 0. The average Bonchev–Trinajstić information content (AvgIpc) is 1.38. The van der Waals surface area contributed by atoms with Gasteiger partial charge in [-0.25, -0.2) is 0 Å². The van der Waals surface area contributed by atoms with E-state index in [1.54, 1.807) is 0 Å². The van der Waals surface area contributed by atoms with E-state index in [1.165, 1.54) is 7.05 Å². The Labute approximate surface area is 82.2 Å². The molecule has 0 atom stereocenters. The summed E-state index contributed by atoms with van der Waals surface area (Å²) in [5, 5.41) is 0. The SMILES string of the molecule is CN=C(N)N.[I-].[Na+]. The van der Waals surface area contributed by atoms with Gasteiger partial charge in [-0.3, -0.25) is 4.99 Å². The summed E-state index contributed by atoms with van der Waals surface area (Å²) < 4.78 is 0. The average molecular weight is 223 g/mol. The van der Waals surface area contributed by atoms with Gasteiger partial charge in [-0.05, 0) is 0 Å². The van der Waals surface area contributed by atoms with Gasteiger partial charge in [0.2, 0.25) is 0 Å². The van der Waals surface area contributed by atoms with Crippen LogP contribution < -0.4 is 65.0 Å². The van der Waals surface area contributed by atoms with E-state index >= 15 is 0 Å². The second kappa shape index (κ2) is 10.1. The van der Waals surface area contributed by atoms with Crippen LogP contribution in [0.3, 0.4) is 0 Å². The number of halogens is 1. The first-order valence-electron chi connectivity index (χ1n) is 1.25. The molecule has 0 aliphatic rings. The van der Waals surface area contributed by atoms with Gasteiger partial charge in [0, 0.05) is 7.05 Å². The molecule has 0 heterocycles. The number of guanidine groups is 1. The maximum absolute atomic E-state index is 4.82. The van der Waals surface area contributed by atoms with E-state index in [1.807, 2.05) is 0 Å². The second-order valence-corrected chi connectivity index (χ2v) is 0.648. The van der Waals surface area contributed by atoms with Crippen LogP contribution in [-0.2, 0) is 0 Å². The molecule has 0 saturated carbocycles. The van der Waals surface area contributed by atoms with Crippen molar-refractivity contribution in [1.29, 1.82) is 0 Å². The van der Waals surface area contributed by atoms with Gasteiger partial charge < -0.3 is 35.4 Å². The monoisotopic (exact) mass is 223 g/mol. The number of nitrogens with two attached hydrogens (primary N) is 2. The zero-order chi connectivity index (χ0) is 4.28. The Hall–Kier alpha value is 1.00. The zero-order valence-corrected chi connectivity index (χ0v) is 8.64. The van der Waals surface area contributed by atoms with Crippen LogP contribution in [-0.4, -0.2) is 13.0 Å². The van der Waals surface area contributed by atoms with Crippen LogP contribution in [0, 0.1) is 0 Å². The molecule has 0 fully saturated rings. The molecule has 0 rings (SSSR count). The minimum Gasteiger partial charge on any atom is -1.00 e. The van der Waals surface area contributed by atoms with Crippen LogP contribution in [0.25, 0.3) is 0 Å². The van der Waals surface area contributed by atoms with Gasteiger partial charge in [0.1, 0.15) is 0 Å². The van der Waals surface area contributed by atoms with Crippen molar-refractivity contribution in [3.05, 3.63) is 0 Å². The predicted molar refractivity (Wildman–Crippen MR) is 21.7 cm³/mol. The molecule has 0 spiro atoms. The molecule has 0 aromatic carbocycles. The molecular weight excluding hydrogens is 216 g/mol. The third kappa shape index (κ3) is 19.4. The fourth-order valence-electron chi connectivity index (χ4n) is 0. The normalized spacial score (nSPS) is 4.71. The number of aliphatic imine (C=N–C) groups is 1. The fraction of sp³-hybridized carbons (Fsp3) is 0.500. The summed E-state index contributed by atoms with van der Waals surface area (Å²) in [5.41, 5.74) is 9.64. The van der Waals surface area contributed by atoms with Crippen LogP contribution in [0.1, 0.15) is 0 Å². The van der Waals surface area contributed by atoms with Gasteiger partial charge in [0.15, 0.2) is 5.96 Å². The summed E-state index contributed by atoms with van der Waals surface area (Å²) in [4.78, 5) is 3.36. The second-order valence-electron chi connectivity index (χ2n) is 0.648. The fourth-order valence-corrected chi connectivity index (χ4v) is 0. The van der Waals surface area contributed by atoms with E-state index < -0.39 is 0 Å². The van der Waals surface area contributed by atoms with E-state index in [9.17, 15) is 0 Å². The van der Waals surface area contributed by atoms with Crippen LogP contribution in [0.15, 0.2) is 4.99 Å². The van der Waals surface area contributed by atoms with Crippen molar-refractivity contribution in [1.82, 2.24) is 0 Å². The summed E-state index contributed by atoms with van der Waals surface area (Å²) in [6, 6.07) is 0. The summed E-state index contributed by atoms with van der Waals surface area (Å²) in [5.74, 6) is 0.130. The molecule has 0 bridgehead atoms. The maximum atomic E-state index is 4.82. The first kappa shape index (κ1) is 15.7. The van der Waals surface area contributed by atoms with Gasteiger partial charge in [-0.1, -0.05) is 0 Å². The number of nitrogens with zero attached hydrogens (tertiary/aromatic N) is 1. The Morgan fingerprint density at radius 3 is 1.57 bits per heavy atom. The Kier molecular flexibility index (Phi) is 22.6. The number of rotatable bonds is 0. The Morgan fingerprint density at radius 1 is 1.43 bits per heavy atom. The molecule has 4 N–H and O–H groups in total. The van der Waals surface area contributed by atoms with Crippen LogP contribution in [0.2, 0.25) is 0 Å². The molecule has 0 aromatic heterocycles. The first-order chi connectivity index (χ1) is 2.27. The van der Waals surface area contributed by atoms with E-state index in [-0.39, 0.29) is 59.5 Å². The van der Waals surface area contributed by atoms with Crippen molar-refractivity contribution < 1.29 is 53.5 Å². The smallest absolute Gasteiger partial charge is 1.00 e. The summed E-state index contributed by atoms with van der Waals surface area (Å²) in [7, 11) is 1.54. The van der Waals surface area contributed by atoms with Gasteiger partial charge in [-0.15, -0.1) is 0 Å². The third-order valence-electron chi connectivity index (χ3n) is 0.258. The molecule has 0 aromatic rings. The van der Waals surface area contributed by atoms with Crippen LogP contribution >= 0.6 is 0 Å². The Balaban J connectivity index is -0.0000000800. The van der Waals surface area contributed by atoms with E-state index in [0.717, 1.165) is 0 Å². The quantitative estimate of drug-likeness (QED) is 0.185. The summed E-state index contributed by atoms with van der Waals surface area (Å²) in [6.07, 6.45) is 0. The Bertz CT molecular complexity index is 50.9. The zero-order valence-electron chi connectivity index (χ0n) is 4.48. The summed E-state index contributed by atoms with van der Waals surface area (Å²) >= 11 is 0. The molecule has 0 saturated heterocycles. The molecular formula is C2H7IN3Na. The van der Waals surface area contributed by atoms with Gasteiger partial charge in [0.05, 0.1) is 0 Å². The number of hydrogen-bond donors (Lipinski definition) is 2. The number of hydrogen-bond acceptors (Lipinski definition) is 1. The van der Waals surface area contributed by atoms with Crippen molar-refractivity contribution in [2.45, 2.75) is 0 Å². The molecule has 5 heteroatoms. The molecule has 0 aliphatic heterocycles. The van der Waals surface area contributed by atoms with Gasteiger partial charge in [-0.2, -0.15) is 0 Å². The topological polar surface area (TPSA) is 64.4 Å². The molecule has 7 heavy (non-hydrogen) atoms. The standard InChI is InChI=1S/C2H7N3.HI.Na/c1-5-2(3)4;;/h1H3,(H4,3,4,5);1H;/q;;+1/p-1. The predicted octanol–water partition coefficient (Wildman–Crippen LogP) is -7.10. The van der Waals surface area contributed by atoms with Crippen molar-refractivity contribution in [2.24, 2.45) is 16.5 Å². The maximum Gasteiger partial charge on any atom is 1.00 e. The van der Waals surface area contributed by atoms with Gasteiger partial charge in [0.25, 0.3) is 0 Å².